The Kier molecular flexibility index (Phi) is 16.1. The van der Waals surface area contributed by atoms with Crippen LogP contribution in [0.4, 0.5) is 0 Å². The van der Waals surface area contributed by atoms with Crippen LogP contribution < -0.4 is 0 Å². The van der Waals surface area contributed by atoms with Crippen molar-refractivity contribution in [2.45, 2.75) is 90.4 Å². The van der Waals surface area contributed by atoms with Gasteiger partial charge in [-0.1, -0.05) is 83.5 Å². The predicted molar refractivity (Wildman–Crippen MR) is 82.4 cm³/mol. The molecular weight excluding hydrogens is 272 g/mol. The summed E-state index contributed by atoms with van der Waals surface area (Å²) < 4.78 is 0. The van der Waals surface area contributed by atoms with E-state index in [-0.39, 0.29) is 0 Å². The summed E-state index contributed by atoms with van der Waals surface area (Å²) in [6, 6.07) is 0. The Hall–Kier alpha value is 0.0400. The van der Waals surface area contributed by atoms with Crippen LogP contribution in [0.2, 0.25) is 0 Å². The van der Waals surface area contributed by atoms with Gasteiger partial charge in [-0.05, 0) is 11.3 Å². The Labute approximate surface area is 117 Å². The van der Waals surface area contributed by atoms with Crippen LogP contribution in [-0.4, -0.2) is 0 Å². The van der Waals surface area contributed by atoms with Crippen LogP contribution in [0.3, 0.4) is 0 Å². The van der Waals surface area contributed by atoms with E-state index < -0.39 is 0 Å². The van der Waals surface area contributed by atoms with Gasteiger partial charge >= 0.3 is 0 Å². The smallest absolute Gasteiger partial charge is 0.0106 e. The summed E-state index contributed by atoms with van der Waals surface area (Å²) in [5.74, 6) is 3.05. The van der Waals surface area contributed by atoms with E-state index in [4.69, 9.17) is 0 Å². The summed E-state index contributed by atoms with van der Waals surface area (Å²) >= 11 is 3.12. The van der Waals surface area contributed by atoms with E-state index >= 15 is 0 Å². The third-order valence-corrected chi connectivity index (χ3v) is 3.50. The molecule has 0 saturated heterocycles. The van der Waals surface area contributed by atoms with E-state index in [1.807, 2.05) is 0 Å². The molecule has 17 heavy (non-hydrogen) atoms. The Morgan fingerprint density at radius 1 is 0.647 bits per heavy atom. The molecule has 0 amide bonds. The molecule has 0 nitrogen and oxygen atoms in total. The van der Waals surface area contributed by atoms with E-state index in [0.717, 1.165) is 6.42 Å². The predicted octanol–water partition coefficient (Wildman–Crippen LogP) is 6.43. The fraction of sp³-hybridized carbons (Fsp3) is 0.875. The molecule has 0 heterocycles. The van der Waals surface area contributed by atoms with Crippen molar-refractivity contribution in [3.05, 3.63) is 0 Å². The summed E-state index contributed by atoms with van der Waals surface area (Å²) in [5, 5.41) is 0. The second kappa shape index (κ2) is 16.0. The molecule has 0 spiro atoms. The van der Waals surface area contributed by atoms with Crippen LogP contribution in [-0.2, 0) is 0 Å². The van der Waals surface area contributed by atoms with Crippen molar-refractivity contribution < 1.29 is 0 Å². The number of hydrogen-bond donors (Lipinski definition) is 0. The van der Waals surface area contributed by atoms with Gasteiger partial charge in [-0.25, -0.2) is 0 Å². The molecule has 100 valence electrons. The molecule has 0 saturated carbocycles. The number of hydrogen-bond acceptors (Lipinski definition) is 0. The summed E-state index contributed by atoms with van der Waals surface area (Å²) in [6.45, 7) is 2.28. The molecule has 0 unspecified atom stereocenters. The number of halogens is 1. The maximum atomic E-state index is 3.12. The third-order valence-electron chi connectivity index (χ3n) is 3.22. The van der Waals surface area contributed by atoms with Gasteiger partial charge in [0.05, 0.1) is 0 Å². The topological polar surface area (TPSA) is 0 Å². The van der Waals surface area contributed by atoms with Gasteiger partial charge in [0, 0.05) is 22.4 Å². The first kappa shape index (κ1) is 17.0. The summed E-state index contributed by atoms with van der Waals surface area (Å²) in [5.41, 5.74) is 0. The lowest BCUT2D eigenvalue weighted by molar-refractivity contribution is 0.545. The molecule has 0 aliphatic carbocycles. The highest BCUT2D eigenvalue weighted by molar-refractivity contribution is 9.12. The molecule has 0 atom stereocenters. The average Bonchev–Trinajstić information content (AvgIpc) is 2.35. The molecule has 0 aliphatic heterocycles. The van der Waals surface area contributed by atoms with E-state index in [2.05, 4.69) is 33.6 Å². The van der Waals surface area contributed by atoms with Gasteiger partial charge in [-0.15, -0.1) is 0 Å². The zero-order chi connectivity index (χ0) is 12.6. The first-order valence-electron chi connectivity index (χ1n) is 7.50. The number of rotatable bonds is 12. The summed E-state index contributed by atoms with van der Waals surface area (Å²) in [7, 11) is 0. The zero-order valence-corrected chi connectivity index (χ0v) is 13.2. The lowest BCUT2D eigenvalue weighted by Crippen LogP contribution is -1.82. The molecular formula is C16H29Br. The quantitative estimate of drug-likeness (QED) is 0.288. The second-order valence-corrected chi connectivity index (χ2v) is 5.31. The molecule has 0 aromatic rings. The highest BCUT2D eigenvalue weighted by Gasteiger charge is 1.92. The molecule has 0 fully saturated rings. The van der Waals surface area contributed by atoms with Gasteiger partial charge < -0.3 is 0 Å². The van der Waals surface area contributed by atoms with Crippen molar-refractivity contribution in [3.63, 3.8) is 0 Å². The highest BCUT2D eigenvalue weighted by Crippen LogP contribution is 2.12. The Bertz CT molecular complexity index is 187. The Morgan fingerprint density at radius 2 is 1.06 bits per heavy atom. The van der Waals surface area contributed by atoms with E-state index in [9.17, 15) is 0 Å². The van der Waals surface area contributed by atoms with Crippen molar-refractivity contribution in [3.8, 4) is 10.8 Å². The summed E-state index contributed by atoms with van der Waals surface area (Å²) in [4.78, 5) is 2.77. The van der Waals surface area contributed by atoms with Crippen LogP contribution in [0.5, 0.6) is 0 Å². The molecule has 0 rings (SSSR count). The molecule has 0 aliphatic rings. The van der Waals surface area contributed by atoms with Crippen molar-refractivity contribution in [1.82, 2.24) is 0 Å². The SMILES string of the molecule is CCCCCCCCCCCCCCC#CBr. The van der Waals surface area contributed by atoms with E-state index in [1.54, 1.807) is 0 Å². The first-order valence-corrected chi connectivity index (χ1v) is 8.29. The molecule has 0 radical (unpaired) electrons. The minimum Gasteiger partial charge on any atom is -0.0908 e. The fourth-order valence-corrected chi connectivity index (χ4v) is 2.30. The monoisotopic (exact) mass is 300 g/mol. The van der Waals surface area contributed by atoms with Crippen LogP contribution in [0.15, 0.2) is 0 Å². The lowest BCUT2D eigenvalue weighted by atomic mass is 10.0. The van der Waals surface area contributed by atoms with Gasteiger partial charge in [0.2, 0.25) is 0 Å². The highest BCUT2D eigenvalue weighted by atomic mass is 79.9. The summed E-state index contributed by atoms with van der Waals surface area (Å²) in [6.07, 6.45) is 18.0. The maximum Gasteiger partial charge on any atom is 0.0106 e. The van der Waals surface area contributed by atoms with Gasteiger partial charge in [-0.3, -0.25) is 0 Å². The third kappa shape index (κ3) is 16.0. The first-order chi connectivity index (χ1) is 8.41. The minimum atomic E-state index is 1.06. The van der Waals surface area contributed by atoms with Crippen LogP contribution in [0.25, 0.3) is 0 Å². The van der Waals surface area contributed by atoms with E-state index in [1.165, 1.54) is 77.0 Å². The Balaban J connectivity index is 2.91. The van der Waals surface area contributed by atoms with Gasteiger partial charge in [0.25, 0.3) is 0 Å². The number of unbranched alkanes of at least 4 members (excludes halogenated alkanes) is 12. The van der Waals surface area contributed by atoms with Crippen molar-refractivity contribution >= 4 is 15.9 Å². The minimum absolute atomic E-state index is 1.06. The molecule has 0 N–H and O–H groups in total. The molecule has 0 aromatic carbocycles. The zero-order valence-electron chi connectivity index (χ0n) is 11.6. The molecule has 0 bridgehead atoms. The lowest BCUT2D eigenvalue weighted by Gasteiger charge is -2.01. The van der Waals surface area contributed by atoms with Crippen molar-refractivity contribution in [2.75, 3.05) is 0 Å². The maximum absolute atomic E-state index is 3.12. The van der Waals surface area contributed by atoms with Gasteiger partial charge in [0.15, 0.2) is 0 Å². The standard InChI is InChI=1S/C16H29Br/c1-2-3-4-5-6-7-8-9-10-11-12-13-14-15-16-17/h2-14H2,1H3. The van der Waals surface area contributed by atoms with Crippen molar-refractivity contribution in [1.29, 1.82) is 0 Å². The fourth-order valence-electron chi connectivity index (χ4n) is 2.10. The van der Waals surface area contributed by atoms with Gasteiger partial charge in [0.1, 0.15) is 0 Å². The second-order valence-electron chi connectivity index (χ2n) is 4.91. The van der Waals surface area contributed by atoms with Crippen molar-refractivity contribution in [2.24, 2.45) is 0 Å². The van der Waals surface area contributed by atoms with E-state index in [0.29, 0.717) is 0 Å². The van der Waals surface area contributed by atoms with Crippen LogP contribution in [0.1, 0.15) is 90.4 Å². The Morgan fingerprint density at radius 3 is 1.47 bits per heavy atom. The largest absolute Gasteiger partial charge is 0.0908 e. The normalized spacial score (nSPS) is 10.0. The molecule has 0 aromatic heterocycles. The average molecular weight is 301 g/mol. The van der Waals surface area contributed by atoms with Crippen LogP contribution in [0, 0.1) is 10.8 Å². The molecule has 1 heteroatoms. The van der Waals surface area contributed by atoms with Crippen LogP contribution >= 0.6 is 15.9 Å². The van der Waals surface area contributed by atoms with Gasteiger partial charge in [-0.2, -0.15) is 0 Å².